The maximum absolute atomic E-state index is 13.1. The zero-order valence-corrected chi connectivity index (χ0v) is 22.1. The molecule has 0 aliphatic carbocycles. The number of amides is 3. The molecule has 1 aliphatic rings. The van der Waals surface area contributed by atoms with Crippen molar-refractivity contribution in [3.05, 3.63) is 93.1 Å². The molecule has 1 aliphatic heterocycles. The van der Waals surface area contributed by atoms with Gasteiger partial charge in [-0.3, -0.25) is 19.3 Å². The first kappa shape index (κ1) is 26.4. The van der Waals surface area contributed by atoms with Gasteiger partial charge in [0.15, 0.2) is 11.5 Å². The lowest BCUT2D eigenvalue weighted by Gasteiger charge is -2.14. The van der Waals surface area contributed by atoms with Crippen molar-refractivity contribution in [2.45, 2.75) is 13.5 Å². The van der Waals surface area contributed by atoms with Crippen LogP contribution in [0.5, 0.6) is 11.5 Å². The molecule has 0 spiro atoms. The van der Waals surface area contributed by atoms with Crippen molar-refractivity contribution in [2.75, 3.05) is 18.5 Å². The number of hydrogen-bond donors (Lipinski definition) is 1. The molecular weight excluding hydrogens is 563 g/mol. The van der Waals surface area contributed by atoms with Crippen LogP contribution in [0.3, 0.4) is 0 Å². The molecule has 3 amide bonds. The molecule has 0 radical (unpaired) electrons. The Morgan fingerprint density at radius 3 is 2.46 bits per heavy atom. The van der Waals surface area contributed by atoms with E-state index in [1.165, 1.54) is 24.3 Å². The van der Waals surface area contributed by atoms with Gasteiger partial charge in [-0.2, -0.15) is 0 Å². The van der Waals surface area contributed by atoms with Crippen molar-refractivity contribution >= 4 is 56.5 Å². The summed E-state index contributed by atoms with van der Waals surface area (Å²) in [6, 6.07) is 18.4. The second kappa shape index (κ2) is 12.1. The molecule has 3 aromatic rings. The summed E-state index contributed by atoms with van der Waals surface area (Å²) in [5, 5.41) is 1.98. The van der Waals surface area contributed by atoms with Gasteiger partial charge in [-0.15, -0.1) is 0 Å². The zero-order chi connectivity index (χ0) is 26.4. The van der Waals surface area contributed by atoms with Crippen LogP contribution in [0, 0.1) is 5.82 Å². The summed E-state index contributed by atoms with van der Waals surface area (Å²) in [5.41, 5.74) is 1.97. The van der Waals surface area contributed by atoms with Crippen LogP contribution in [0.25, 0.3) is 6.08 Å². The Morgan fingerprint density at radius 1 is 1.05 bits per heavy atom. The highest BCUT2D eigenvalue weighted by molar-refractivity contribution is 9.10. The molecule has 190 valence electrons. The Bertz CT molecular complexity index is 1350. The Hall–Kier alpha value is -3.63. The number of nitrogens with one attached hydrogen (secondary N) is 1. The number of ether oxygens (including phenoxy) is 2. The SMILES string of the molecule is CCOc1cc(/C=C2\SC(=O)N(CC(=O)Nc3ccc(F)cc3)C2=O)c(Br)cc1OCc1ccccc1. The van der Waals surface area contributed by atoms with Gasteiger partial charge in [0.25, 0.3) is 11.1 Å². The molecule has 7 nitrogen and oxygen atoms in total. The zero-order valence-electron chi connectivity index (χ0n) is 19.7. The third-order valence-corrected chi connectivity index (χ3v) is 6.78. The largest absolute Gasteiger partial charge is 0.490 e. The molecule has 0 saturated carbocycles. The quantitative estimate of drug-likeness (QED) is 0.300. The van der Waals surface area contributed by atoms with Gasteiger partial charge < -0.3 is 14.8 Å². The topological polar surface area (TPSA) is 84.9 Å². The fraction of sp³-hybridized carbons (Fsp3) is 0.148. The number of carbonyl (C=O) groups excluding carboxylic acids is 3. The fourth-order valence-electron chi connectivity index (χ4n) is 3.43. The summed E-state index contributed by atoms with van der Waals surface area (Å²) in [4.78, 5) is 38.8. The van der Waals surface area contributed by atoms with Gasteiger partial charge in [0, 0.05) is 10.2 Å². The molecule has 37 heavy (non-hydrogen) atoms. The number of halogens is 2. The van der Waals surface area contributed by atoms with Crippen molar-refractivity contribution in [3.8, 4) is 11.5 Å². The van der Waals surface area contributed by atoms with Crippen LogP contribution in [0.4, 0.5) is 14.9 Å². The molecule has 10 heteroatoms. The van der Waals surface area contributed by atoms with Crippen LogP contribution in [0.1, 0.15) is 18.1 Å². The van der Waals surface area contributed by atoms with Crippen LogP contribution in [0.15, 0.2) is 76.1 Å². The average Bonchev–Trinajstić information content (AvgIpc) is 3.14. The van der Waals surface area contributed by atoms with Crippen molar-refractivity contribution in [3.63, 3.8) is 0 Å². The van der Waals surface area contributed by atoms with Gasteiger partial charge in [-0.25, -0.2) is 4.39 Å². The summed E-state index contributed by atoms with van der Waals surface area (Å²) in [6.45, 7) is 2.15. The minimum Gasteiger partial charge on any atom is -0.490 e. The molecule has 4 rings (SSSR count). The highest BCUT2D eigenvalue weighted by Crippen LogP contribution is 2.38. The monoisotopic (exact) mass is 584 g/mol. The summed E-state index contributed by atoms with van der Waals surface area (Å²) in [5.74, 6) is -0.581. The first-order valence-electron chi connectivity index (χ1n) is 11.3. The predicted octanol–water partition coefficient (Wildman–Crippen LogP) is 6.24. The first-order valence-corrected chi connectivity index (χ1v) is 12.9. The number of thioether (sulfide) groups is 1. The molecule has 1 heterocycles. The third-order valence-electron chi connectivity index (χ3n) is 5.19. The van der Waals surface area contributed by atoms with Crippen LogP contribution in [-0.2, 0) is 16.2 Å². The lowest BCUT2D eigenvalue weighted by molar-refractivity contribution is -0.127. The Kier molecular flexibility index (Phi) is 8.62. The van der Waals surface area contributed by atoms with Gasteiger partial charge in [0.2, 0.25) is 5.91 Å². The second-order valence-corrected chi connectivity index (χ2v) is 9.70. The maximum atomic E-state index is 13.1. The maximum Gasteiger partial charge on any atom is 0.294 e. The Morgan fingerprint density at radius 2 is 1.76 bits per heavy atom. The molecule has 1 fully saturated rings. The van der Waals surface area contributed by atoms with E-state index in [4.69, 9.17) is 9.47 Å². The number of nitrogens with zero attached hydrogens (tertiary/aromatic N) is 1. The van der Waals surface area contributed by atoms with Crippen LogP contribution in [0.2, 0.25) is 0 Å². The summed E-state index contributed by atoms with van der Waals surface area (Å²) in [6.07, 6.45) is 1.57. The molecule has 0 unspecified atom stereocenters. The highest BCUT2D eigenvalue weighted by atomic mass is 79.9. The van der Waals surface area contributed by atoms with Crippen LogP contribution < -0.4 is 14.8 Å². The predicted molar refractivity (Wildman–Crippen MR) is 144 cm³/mol. The smallest absolute Gasteiger partial charge is 0.294 e. The van der Waals surface area contributed by atoms with Gasteiger partial charge in [-0.05, 0) is 72.3 Å². The van der Waals surface area contributed by atoms with E-state index in [1.54, 1.807) is 18.2 Å². The van der Waals surface area contributed by atoms with E-state index in [0.717, 1.165) is 22.2 Å². The number of benzene rings is 3. The summed E-state index contributed by atoms with van der Waals surface area (Å²) < 4.78 is 25.4. The fourth-order valence-corrected chi connectivity index (χ4v) is 4.70. The highest BCUT2D eigenvalue weighted by Gasteiger charge is 2.36. The van der Waals surface area contributed by atoms with E-state index < -0.39 is 29.4 Å². The van der Waals surface area contributed by atoms with E-state index >= 15 is 0 Å². The number of carbonyl (C=O) groups is 3. The van der Waals surface area contributed by atoms with E-state index in [-0.39, 0.29) is 4.91 Å². The Balaban J connectivity index is 1.48. The first-order chi connectivity index (χ1) is 17.8. The second-order valence-electron chi connectivity index (χ2n) is 7.85. The van der Waals surface area contributed by atoms with Crippen LogP contribution in [-0.4, -0.2) is 35.1 Å². The normalized spacial score (nSPS) is 14.2. The van der Waals surface area contributed by atoms with Gasteiger partial charge in [0.1, 0.15) is 19.0 Å². The molecule has 1 N–H and O–H groups in total. The summed E-state index contributed by atoms with van der Waals surface area (Å²) in [7, 11) is 0. The lowest BCUT2D eigenvalue weighted by Crippen LogP contribution is -2.36. The van der Waals surface area contributed by atoms with E-state index in [2.05, 4.69) is 21.2 Å². The van der Waals surface area contributed by atoms with Gasteiger partial charge in [0.05, 0.1) is 11.5 Å². The molecule has 3 aromatic carbocycles. The van der Waals surface area contributed by atoms with Crippen LogP contribution >= 0.6 is 27.7 Å². The Labute approximate surface area is 225 Å². The van der Waals surface area contributed by atoms with Crippen molar-refractivity contribution < 1.29 is 28.2 Å². The number of imide groups is 1. The number of anilines is 1. The van der Waals surface area contributed by atoms with Crippen molar-refractivity contribution in [1.29, 1.82) is 0 Å². The number of rotatable bonds is 9. The van der Waals surface area contributed by atoms with Gasteiger partial charge >= 0.3 is 0 Å². The average molecular weight is 585 g/mol. The van der Waals surface area contributed by atoms with Gasteiger partial charge in [-0.1, -0.05) is 46.3 Å². The molecule has 0 atom stereocenters. The molecule has 1 saturated heterocycles. The number of hydrogen-bond acceptors (Lipinski definition) is 6. The molecule has 0 bridgehead atoms. The molecular formula is C27H22BrFN2O5S. The molecule has 0 aromatic heterocycles. The van der Waals surface area contributed by atoms with E-state index in [0.29, 0.717) is 40.4 Å². The van der Waals surface area contributed by atoms with E-state index in [1.807, 2.05) is 37.3 Å². The van der Waals surface area contributed by atoms with E-state index in [9.17, 15) is 18.8 Å². The third kappa shape index (κ3) is 6.78. The van der Waals surface area contributed by atoms with Crippen molar-refractivity contribution in [1.82, 2.24) is 4.90 Å². The minimum atomic E-state index is -0.585. The summed E-state index contributed by atoms with van der Waals surface area (Å²) >= 11 is 4.25. The minimum absolute atomic E-state index is 0.167. The van der Waals surface area contributed by atoms with Crippen molar-refractivity contribution in [2.24, 2.45) is 0 Å². The standard InChI is InChI=1S/C27H22BrFN2O5S/c1-2-35-22-12-18(21(28)14-23(22)36-16-17-6-4-3-5-7-17)13-24-26(33)31(27(34)37-24)15-25(32)30-20-10-8-19(29)9-11-20/h3-14H,2,15-16H2,1H3,(H,30,32)/b24-13-. The lowest BCUT2D eigenvalue weighted by atomic mass is 10.1.